The summed E-state index contributed by atoms with van der Waals surface area (Å²) < 4.78 is 43.2. The van der Waals surface area contributed by atoms with Crippen LogP contribution in [0.5, 0.6) is 0 Å². The van der Waals surface area contributed by atoms with Gasteiger partial charge in [0.1, 0.15) is 12.4 Å². The maximum Gasteiger partial charge on any atom is 0.673 e. The maximum atomic E-state index is 9.75. The van der Waals surface area contributed by atoms with E-state index in [-0.39, 0.29) is 0 Å². The van der Waals surface area contributed by atoms with E-state index in [0.29, 0.717) is 0 Å². The molecule has 76 valence electrons. The molecule has 0 unspecified atom stereocenters. The first-order chi connectivity index (χ1) is 5.83. The van der Waals surface area contributed by atoms with Crippen LogP contribution in [0.3, 0.4) is 0 Å². The summed E-state index contributed by atoms with van der Waals surface area (Å²) in [5, 5.41) is 0. The van der Waals surface area contributed by atoms with E-state index in [4.69, 9.17) is 0 Å². The number of aromatic nitrogens is 2. The summed E-state index contributed by atoms with van der Waals surface area (Å²) in [5.74, 6) is 0. The molecular formula is C6H11BF4N2. The van der Waals surface area contributed by atoms with Crippen molar-refractivity contribution in [2.24, 2.45) is 7.05 Å². The van der Waals surface area contributed by atoms with Crippen LogP contribution in [-0.4, -0.2) is 11.8 Å². The molecule has 0 amide bonds. The Balaban J connectivity index is 0.000000252. The smallest absolute Gasteiger partial charge is 0.418 e. The fraction of sp³-hybridized carbons (Fsp3) is 0.500. The predicted molar refractivity (Wildman–Crippen MR) is 41.5 cm³/mol. The van der Waals surface area contributed by atoms with Crippen LogP contribution in [0.25, 0.3) is 0 Å². The highest BCUT2D eigenvalue weighted by Crippen LogP contribution is 2.06. The Bertz CT molecular complexity index is 239. The highest BCUT2D eigenvalue weighted by molar-refractivity contribution is 6.50. The summed E-state index contributed by atoms with van der Waals surface area (Å²) in [4.78, 5) is 0. The minimum absolute atomic E-state index is 1.06. The van der Waals surface area contributed by atoms with E-state index in [1.54, 1.807) is 0 Å². The zero-order chi connectivity index (χ0) is 10.5. The Morgan fingerprint density at radius 1 is 1.31 bits per heavy atom. The highest BCUT2D eigenvalue weighted by atomic mass is 19.5. The molecule has 0 aromatic carbocycles. The second-order valence-corrected chi connectivity index (χ2v) is 2.40. The van der Waals surface area contributed by atoms with Crippen LogP contribution in [0, 0.1) is 0 Å². The third kappa shape index (κ3) is 8.90. The third-order valence-electron chi connectivity index (χ3n) is 1.19. The molecule has 0 aliphatic rings. The lowest BCUT2D eigenvalue weighted by Gasteiger charge is -1.94. The zero-order valence-corrected chi connectivity index (χ0v) is 7.42. The van der Waals surface area contributed by atoms with Gasteiger partial charge in [-0.15, -0.1) is 0 Å². The largest absolute Gasteiger partial charge is 0.673 e. The first-order valence-corrected chi connectivity index (χ1v) is 3.71. The number of aryl methyl sites for hydroxylation is 2. The number of nitrogens with zero attached hydrogens (tertiary/aromatic N) is 2. The van der Waals surface area contributed by atoms with E-state index in [1.165, 1.54) is 0 Å². The Morgan fingerprint density at radius 2 is 1.77 bits per heavy atom. The van der Waals surface area contributed by atoms with Crippen LogP contribution in [0.1, 0.15) is 6.92 Å². The second-order valence-electron chi connectivity index (χ2n) is 2.40. The van der Waals surface area contributed by atoms with Gasteiger partial charge in [0.2, 0.25) is 6.33 Å². The SMILES string of the molecule is CCn1cc[n+](C)c1.F[B-](F)(F)F. The standard InChI is InChI=1S/C6H11N2.BF4/c1-3-8-5-4-7(2)6-8;2-1(3,4)5/h4-6H,3H2,1-2H3;/q+1;-1. The normalized spacial score (nSPS) is 10.6. The summed E-state index contributed by atoms with van der Waals surface area (Å²) in [5.41, 5.74) is 0. The molecule has 0 aliphatic heterocycles. The average molecular weight is 198 g/mol. The van der Waals surface area contributed by atoms with Gasteiger partial charge in [-0.05, 0) is 6.92 Å². The Labute approximate surface area is 73.9 Å². The Kier molecular flexibility index (Phi) is 4.51. The van der Waals surface area contributed by atoms with Crippen molar-refractivity contribution in [2.45, 2.75) is 13.5 Å². The van der Waals surface area contributed by atoms with Crippen LogP contribution in [0.15, 0.2) is 18.7 Å². The molecule has 0 bridgehead atoms. The van der Waals surface area contributed by atoms with E-state index >= 15 is 0 Å². The van der Waals surface area contributed by atoms with Crippen molar-refractivity contribution in [1.29, 1.82) is 0 Å². The summed E-state index contributed by atoms with van der Waals surface area (Å²) in [7, 11) is -3.98. The minimum Gasteiger partial charge on any atom is -0.418 e. The van der Waals surface area contributed by atoms with Gasteiger partial charge in [0.25, 0.3) is 0 Å². The molecule has 0 aliphatic carbocycles. The lowest BCUT2D eigenvalue weighted by atomic mass is 10.3. The monoisotopic (exact) mass is 198 g/mol. The number of imidazole rings is 1. The molecule has 1 aromatic rings. The summed E-state index contributed by atoms with van der Waals surface area (Å²) in [6, 6.07) is 0. The zero-order valence-electron chi connectivity index (χ0n) is 7.42. The van der Waals surface area contributed by atoms with E-state index in [2.05, 4.69) is 24.0 Å². The lowest BCUT2D eigenvalue weighted by molar-refractivity contribution is -0.671. The quantitative estimate of drug-likeness (QED) is 0.368. The van der Waals surface area contributed by atoms with Gasteiger partial charge in [0, 0.05) is 0 Å². The molecule has 0 radical (unpaired) electrons. The fourth-order valence-corrected chi connectivity index (χ4v) is 0.689. The second kappa shape index (κ2) is 4.88. The van der Waals surface area contributed by atoms with Gasteiger partial charge < -0.3 is 17.3 Å². The number of hydrogen-bond acceptors (Lipinski definition) is 0. The van der Waals surface area contributed by atoms with Crippen LogP contribution in [0.2, 0.25) is 0 Å². The van der Waals surface area contributed by atoms with Gasteiger partial charge in [-0.3, -0.25) is 0 Å². The summed E-state index contributed by atoms with van der Waals surface area (Å²) in [6.45, 7) is 3.18. The van der Waals surface area contributed by atoms with Crippen molar-refractivity contribution in [3.05, 3.63) is 18.7 Å². The minimum atomic E-state index is -6.00. The van der Waals surface area contributed by atoms with Gasteiger partial charge >= 0.3 is 7.25 Å². The maximum absolute atomic E-state index is 9.75. The van der Waals surface area contributed by atoms with Crippen LogP contribution >= 0.6 is 0 Å². The topological polar surface area (TPSA) is 8.81 Å². The number of halogens is 4. The van der Waals surface area contributed by atoms with E-state index in [9.17, 15) is 17.3 Å². The van der Waals surface area contributed by atoms with E-state index in [0.717, 1.165) is 6.54 Å². The number of hydrogen-bond donors (Lipinski definition) is 0. The van der Waals surface area contributed by atoms with Crippen molar-refractivity contribution in [2.75, 3.05) is 0 Å². The van der Waals surface area contributed by atoms with Gasteiger partial charge in [0.15, 0.2) is 0 Å². The molecule has 0 N–H and O–H groups in total. The van der Waals surface area contributed by atoms with Gasteiger partial charge in [-0.2, -0.15) is 0 Å². The van der Waals surface area contributed by atoms with Gasteiger partial charge in [-0.25, -0.2) is 9.13 Å². The van der Waals surface area contributed by atoms with Gasteiger partial charge in [0.05, 0.1) is 13.6 Å². The summed E-state index contributed by atoms with van der Waals surface area (Å²) in [6.07, 6.45) is 6.14. The molecule has 0 saturated carbocycles. The Morgan fingerprint density at radius 3 is 1.92 bits per heavy atom. The van der Waals surface area contributed by atoms with Crippen molar-refractivity contribution in [3.63, 3.8) is 0 Å². The van der Waals surface area contributed by atoms with Crippen molar-refractivity contribution < 1.29 is 21.8 Å². The molecule has 1 heterocycles. The lowest BCUT2D eigenvalue weighted by Crippen LogP contribution is -2.23. The van der Waals surface area contributed by atoms with Crippen molar-refractivity contribution in [3.8, 4) is 0 Å². The predicted octanol–water partition coefficient (Wildman–Crippen LogP) is 1.63. The van der Waals surface area contributed by atoms with E-state index < -0.39 is 7.25 Å². The van der Waals surface area contributed by atoms with Crippen LogP contribution in [0.4, 0.5) is 17.3 Å². The molecule has 1 aromatic heterocycles. The fourth-order valence-electron chi connectivity index (χ4n) is 0.689. The first kappa shape index (κ1) is 12.0. The molecule has 2 nitrogen and oxygen atoms in total. The molecule has 1 rings (SSSR count). The summed E-state index contributed by atoms with van der Waals surface area (Å²) >= 11 is 0. The average Bonchev–Trinajstić information content (AvgIpc) is 2.31. The molecule has 0 atom stereocenters. The number of rotatable bonds is 1. The van der Waals surface area contributed by atoms with Crippen LogP contribution < -0.4 is 4.57 Å². The Hall–Kier alpha value is -1.01. The van der Waals surface area contributed by atoms with Gasteiger partial charge in [-0.1, -0.05) is 0 Å². The molecule has 0 spiro atoms. The molecule has 7 heteroatoms. The van der Waals surface area contributed by atoms with Crippen molar-refractivity contribution >= 4 is 7.25 Å². The van der Waals surface area contributed by atoms with Crippen molar-refractivity contribution in [1.82, 2.24) is 4.57 Å². The molecular weight excluding hydrogens is 187 g/mol. The van der Waals surface area contributed by atoms with Crippen LogP contribution in [-0.2, 0) is 13.6 Å². The third-order valence-corrected chi connectivity index (χ3v) is 1.19. The molecule has 0 saturated heterocycles. The van der Waals surface area contributed by atoms with E-state index in [1.807, 2.05) is 17.8 Å². The first-order valence-electron chi connectivity index (χ1n) is 3.71. The molecule has 0 fully saturated rings. The highest BCUT2D eigenvalue weighted by Gasteiger charge is 2.20. The molecule has 13 heavy (non-hydrogen) atoms.